The van der Waals surface area contributed by atoms with Crippen molar-refractivity contribution in [2.75, 3.05) is 0 Å². The molecular weight excluding hydrogens is 442 g/mol. The van der Waals surface area contributed by atoms with E-state index in [-0.39, 0.29) is 0 Å². The van der Waals surface area contributed by atoms with Crippen LogP contribution in [0.2, 0.25) is 5.15 Å². The quantitative estimate of drug-likeness (QED) is 0.250. The number of aryl methyl sites for hydroxylation is 1. The Bertz CT molecular complexity index is 1640. The molecule has 0 amide bonds. The van der Waals surface area contributed by atoms with Gasteiger partial charge in [0.05, 0.1) is 16.7 Å². The summed E-state index contributed by atoms with van der Waals surface area (Å²) in [6.45, 7) is 2.06. The first-order chi connectivity index (χ1) is 16.7. The molecule has 0 saturated heterocycles. The molecule has 3 aromatic heterocycles. The number of rotatable bonds is 4. The Hall–Kier alpha value is -4.15. The Morgan fingerprint density at radius 1 is 0.735 bits per heavy atom. The van der Waals surface area contributed by atoms with Crippen LogP contribution in [0.15, 0.2) is 103 Å². The van der Waals surface area contributed by atoms with E-state index in [1.54, 1.807) is 6.07 Å². The van der Waals surface area contributed by atoms with Crippen LogP contribution in [0, 0.1) is 6.92 Å². The lowest BCUT2D eigenvalue weighted by atomic mass is 10.1. The van der Waals surface area contributed by atoms with Gasteiger partial charge in [-0.3, -0.25) is 4.57 Å². The summed E-state index contributed by atoms with van der Waals surface area (Å²) in [5, 5.41) is 2.70. The van der Waals surface area contributed by atoms with Crippen LogP contribution in [0.1, 0.15) is 5.56 Å². The molecule has 0 N–H and O–H groups in total. The van der Waals surface area contributed by atoms with Crippen LogP contribution in [-0.2, 0) is 0 Å². The average molecular weight is 462 g/mol. The van der Waals surface area contributed by atoms with Crippen molar-refractivity contribution >= 4 is 33.4 Å². The van der Waals surface area contributed by atoms with Gasteiger partial charge in [-0.1, -0.05) is 65.7 Å². The highest BCUT2D eigenvalue weighted by Crippen LogP contribution is 2.35. The van der Waals surface area contributed by atoms with Crippen molar-refractivity contribution in [3.63, 3.8) is 0 Å². The van der Waals surface area contributed by atoms with Gasteiger partial charge in [0.25, 0.3) is 0 Å². The highest BCUT2D eigenvalue weighted by Gasteiger charge is 2.14. The number of benzene rings is 3. The first-order valence-corrected chi connectivity index (χ1v) is 11.4. The predicted octanol–water partition coefficient (Wildman–Crippen LogP) is 7.99. The van der Waals surface area contributed by atoms with Crippen molar-refractivity contribution < 1.29 is 4.74 Å². The van der Waals surface area contributed by atoms with Gasteiger partial charge in [0.1, 0.15) is 22.5 Å². The number of halogens is 1. The van der Waals surface area contributed by atoms with E-state index in [9.17, 15) is 0 Å². The maximum atomic E-state index is 6.35. The van der Waals surface area contributed by atoms with Gasteiger partial charge in [-0.2, -0.15) is 0 Å². The van der Waals surface area contributed by atoms with Gasteiger partial charge in [-0.05, 0) is 37.3 Å². The van der Waals surface area contributed by atoms with Gasteiger partial charge in [0.15, 0.2) is 0 Å². The van der Waals surface area contributed by atoms with Crippen molar-refractivity contribution in [2.45, 2.75) is 6.92 Å². The summed E-state index contributed by atoms with van der Waals surface area (Å²) in [5.41, 5.74) is 5.08. The minimum atomic E-state index is 0.386. The van der Waals surface area contributed by atoms with E-state index >= 15 is 0 Å². The number of hydrogen-bond donors (Lipinski definition) is 0. The van der Waals surface area contributed by atoms with Crippen LogP contribution >= 0.6 is 11.6 Å². The molecule has 0 aliphatic carbocycles. The smallest absolute Gasteiger partial charge is 0.137 e. The second-order valence-corrected chi connectivity index (χ2v) is 8.59. The minimum absolute atomic E-state index is 0.386. The van der Waals surface area contributed by atoms with Crippen LogP contribution in [0.25, 0.3) is 38.9 Å². The van der Waals surface area contributed by atoms with Crippen LogP contribution in [0.5, 0.6) is 11.5 Å². The molecular formula is C29H20ClN3O. The molecule has 6 aromatic rings. The summed E-state index contributed by atoms with van der Waals surface area (Å²) in [5.74, 6) is 2.21. The fourth-order valence-corrected chi connectivity index (χ4v) is 4.49. The zero-order valence-corrected chi connectivity index (χ0v) is 19.2. The van der Waals surface area contributed by atoms with Gasteiger partial charge in [-0.25, -0.2) is 9.97 Å². The molecule has 3 aromatic carbocycles. The Labute approximate surface area is 202 Å². The standard InChI is InChI=1S/C29H20ClN3O/c1-19-9-11-20(12-10-19)25-16-22(18-28(30)32-25)34-21-13-14-24-23-6-2-3-7-26(23)33(27(24)17-21)29-8-4-5-15-31-29/h2-18H,1H3. The van der Waals surface area contributed by atoms with Crippen molar-refractivity contribution in [3.05, 3.63) is 114 Å². The molecule has 0 spiro atoms. The molecule has 0 aliphatic heterocycles. The summed E-state index contributed by atoms with van der Waals surface area (Å²) in [4.78, 5) is 9.08. The number of aromatic nitrogens is 3. The monoisotopic (exact) mass is 461 g/mol. The van der Waals surface area contributed by atoms with Crippen LogP contribution in [0.4, 0.5) is 0 Å². The summed E-state index contributed by atoms with van der Waals surface area (Å²) < 4.78 is 8.44. The number of ether oxygens (including phenoxy) is 1. The van der Waals surface area contributed by atoms with Gasteiger partial charge in [-0.15, -0.1) is 0 Å². The van der Waals surface area contributed by atoms with Crippen molar-refractivity contribution in [3.8, 4) is 28.6 Å². The van der Waals surface area contributed by atoms with E-state index in [1.807, 2.05) is 60.8 Å². The predicted molar refractivity (Wildman–Crippen MR) is 138 cm³/mol. The van der Waals surface area contributed by atoms with Crippen molar-refractivity contribution in [1.29, 1.82) is 0 Å². The SMILES string of the molecule is Cc1ccc(-c2cc(Oc3ccc4c5ccccc5n(-c5ccccn5)c4c3)cc(Cl)n2)cc1. The maximum Gasteiger partial charge on any atom is 0.137 e. The molecule has 3 heterocycles. The average Bonchev–Trinajstić information content (AvgIpc) is 3.18. The molecule has 0 unspecified atom stereocenters. The Morgan fingerprint density at radius 2 is 1.53 bits per heavy atom. The van der Waals surface area contributed by atoms with E-state index in [0.717, 1.165) is 33.5 Å². The molecule has 0 radical (unpaired) electrons. The van der Waals surface area contributed by atoms with Crippen LogP contribution < -0.4 is 4.74 Å². The summed E-state index contributed by atoms with van der Waals surface area (Å²) in [6.07, 6.45) is 1.81. The summed E-state index contributed by atoms with van der Waals surface area (Å²) >= 11 is 6.35. The lowest BCUT2D eigenvalue weighted by Gasteiger charge is -2.10. The van der Waals surface area contributed by atoms with Gasteiger partial charge >= 0.3 is 0 Å². The lowest BCUT2D eigenvalue weighted by Crippen LogP contribution is -1.96. The molecule has 5 heteroatoms. The van der Waals surface area contributed by atoms with E-state index in [1.165, 1.54) is 10.9 Å². The first kappa shape index (κ1) is 20.5. The number of fused-ring (bicyclic) bond motifs is 3. The fraction of sp³-hybridized carbons (Fsp3) is 0.0345. The number of nitrogens with zero attached hydrogens (tertiary/aromatic N) is 3. The lowest BCUT2D eigenvalue weighted by molar-refractivity contribution is 0.483. The third-order valence-electron chi connectivity index (χ3n) is 5.87. The van der Waals surface area contributed by atoms with Crippen LogP contribution in [-0.4, -0.2) is 14.5 Å². The molecule has 0 saturated carbocycles. The second-order valence-electron chi connectivity index (χ2n) is 8.20. The Kier molecular flexibility index (Phi) is 5.01. The van der Waals surface area contributed by atoms with Crippen LogP contribution in [0.3, 0.4) is 0 Å². The number of pyridine rings is 2. The summed E-state index contributed by atoms with van der Waals surface area (Å²) in [6, 6.07) is 32.2. The molecule has 0 aliphatic rings. The highest BCUT2D eigenvalue weighted by molar-refractivity contribution is 6.29. The normalized spacial score (nSPS) is 11.2. The highest BCUT2D eigenvalue weighted by atomic mass is 35.5. The molecule has 6 rings (SSSR count). The third kappa shape index (κ3) is 3.68. The molecule has 164 valence electrons. The van der Waals surface area contributed by atoms with Gasteiger partial charge < -0.3 is 4.74 Å². The molecule has 0 atom stereocenters. The molecule has 0 bridgehead atoms. The molecule has 0 fully saturated rings. The maximum absolute atomic E-state index is 6.35. The van der Waals surface area contributed by atoms with E-state index in [0.29, 0.717) is 16.7 Å². The zero-order chi connectivity index (χ0) is 23.1. The zero-order valence-electron chi connectivity index (χ0n) is 18.4. The minimum Gasteiger partial charge on any atom is -0.457 e. The Balaban J connectivity index is 1.46. The first-order valence-electron chi connectivity index (χ1n) is 11.0. The van der Waals surface area contributed by atoms with Crippen molar-refractivity contribution in [1.82, 2.24) is 14.5 Å². The van der Waals surface area contributed by atoms with Gasteiger partial charge in [0, 0.05) is 40.7 Å². The third-order valence-corrected chi connectivity index (χ3v) is 6.07. The van der Waals surface area contributed by atoms with E-state index < -0.39 is 0 Å². The van der Waals surface area contributed by atoms with Gasteiger partial charge in [0.2, 0.25) is 0 Å². The Morgan fingerprint density at radius 3 is 2.35 bits per heavy atom. The topological polar surface area (TPSA) is 39.9 Å². The fourth-order valence-electron chi connectivity index (χ4n) is 4.29. The summed E-state index contributed by atoms with van der Waals surface area (Å²) in [7, 11) is 0. The van der Waals surface area contributed by atoms with Crippen molar-refractivity contribution in [2.24, 2.45) is 0 Å². The molecule has 34 heavy (non-hydrogen) atoms. The van der Waals surface area contributed by atoms with E-state index in [4.69, 9.17) is 16.3 Å². The number of hydrogen-bond acceptors (Lipinski definition) is 3. The van der Waals surface area contributed by atoms with E-state index in [2.05, 4.69) is 57.9 Å². The molecule has 4 nitrogen and oxygen atoms in total. The largest absolute Gasteiger partial charge is 0.457 e. The number of para-hydroxylation sites is 1. The second kappa shape index (κ2) is 8.32.